The molecule has 0 aliphatic carbocycles. The van der Waals surface area contributed by atoms with Crippen LogP contribution in [0.15, 0.2) is 114 Å². The van der Waals surface area contributed by atoms with Gasteiger partial charge < -0.3 is 15.0 Å². The summed E-state index contributed by atoms with van der Waals surface area (Å²) in [5.74, 6) is -0.590. The molecule has 0 heterocycles. The van der Waals surface area contributed by atoms with E-state index in [4.69, 9.17) is 4.74 Å². The molecule has 0 spiro atoms. The second kappa shape index (κ2) is 14.0. The van der Waals surface area contributed by atoms with Gasteiger partial charge in [-0.3, -0.25) is 13.9 Å². The summed E-state index contributed by atoms with van der Waals surface area (Å²) in [6.45, 7) is 4.23. The molecule has 4 aromatic carbocycles. The molecule has 0 aliphatic heterocycles. The van der Waals surface area contributed by atoms with Gasteiger partial charge in [-0.25, -0.2) is 12.8 Å². The molecular formula is C33H34FN3O5S. The minimum atomic E-state index is -4.23. The number of hydrogen-bond donors (Lipinski definition) is 1. The molecule has 4 aromatic rings. The van der Waals surface area contributed by atoms with Gasteiger partial charge in [0.1, 0.15) is 29.9 Å². The van der Waals surface area contributed by atoms with Crippen LogP contribution < -0.4 is 14.4 Å². The minimum Gasteiger partial charge on any atom is -0.457 e. The first-order valence-corrected chi connectivity index (χ1v) is 15.2. The molecule has 43 heavy (non-hydrogen) atoms. The molecule has 224 valence electrons. The van der Waals surface area contributed by atoms with E-state index >= 15 is 0 Å². The second-order valence-electron chi connectivity index (χ2n) is 10.2. The molecular weight excluding hydrogens is 569 g/mol. The van der Waals surface area contributed by atoms with Crippen LogP contribution in [0.3, 0.4) is 0 Å². The van der Waals surface area contributed by atoms with Crippen LogP contribution in [-0.2, 0) is 26.2 Å². The van der Waals surface area contributed by atoms with Crippen molar-refractivity contribution < 1.29 is 27.1 Å². The number of ether oxygens (including phenoxy) is 1. The van der Waals surface area contributed by atoms with E-state index in [1.54, 1.807) is 74.5 Å². The molecule has 1 N–H and O–H groups in total. The number of hydrogen-bond acceptors (Lipinski definition) is 5. The largest absolute Gasteiger partial charge is 0.457 e. The van der Waals surface area contributed by atoms with E-state index in [1.165, 1.54) is 42.2 Å². The summed E-state index contributed by atoms with van der Waals surface area (Å²) in [6.07, 6.45) is 0. The number of carbonyl (C=O) groups excluding carboxylic acids is 2. The molecule has 8 nitrogen and oxygen atoms in total. The average Bonchev–Trinajstić information content (AvgIpc) is 3.00. The summed E-state index contributed by atoms with van der Waals surface area (Å²) >= 11 is 0. The zero-order valence-corrected chi connectivity index (χ0v) is 25.0. The Morgan fingerprint density at radius 1 is 0.791 bits per heavy atom. The number of nitrogens with zero attached hydrogens (tertiary/aromatic N) is 2. The van der Waals surface area contributed by atoms with Gasteiger partial charge >= 0.3 is 0 Å². The van der Waals surface area contributed by atoms with E-state index in [0.29, 0.717) is 11.5 Å². The van der Waals surface area contributed by atoms with E-state index < -0.39 is 40.2 Å². The third kappa shape index (κ3) is 7.98. The van der Waals surface area contributed by atoms with Crippen molar-refractivity contribution in [2.24, 2.45) is 0 Å². The van der Waals surface area contributed by atoms with E-state index in [9.17, 15) is 22.4 Å². The number of carbonyl (C=O) groups is 2. The fraction of sp³-hybridized carbons (Fsp3) is 0.212. The van der Waals surface area contributed by atoms with Gasteiger partial charge in [0, 0.05) is 18.2 Å². The SMILES string of the molecule is CC(C)NC(=O)C(C)N(Cc1ccccc1F)C(=O)CN(c1ccc(Oc2ccccc2)cc1)S(=O)(=O)c1ccccc1. The summed E-state index contributed by atoms with van der Waals surface area (Å²) in [5, 5.41) is 2.77. The van der Waals surface area contributed by atoms with Gasteiger partial charge in [0.25, 0.3) is 10.0 Å². The maximum Gasteiger partial charge on any atom is 0.264 e. The smallest absolute Gasteiger partial charge is 0.264 e. The lowest BCUT2D eigenvalue weighted by Crippen LogP contribution is -2.52. The monoisotopic (exact) mass is 603 g/mol. The number of sulfonamides is 1. The number of rotatable bonds is 12. The predicted molar refractivity (Wildman–Crippen MR) is 164 cm³/mol. The van der Waals surface area contributed by atoms with Gasteiger partial charge in [0.2, 0.25) is 11.8 Å². The van der Waals surface area contributed by atoms with Gasteiger partial charge in [-0.2, -0.15) is 0 Å². The Labute approximate surface area is 251 Å². The maximum absolute atomic E-state index is 14.7. The normalized spacial score (nSPS) is 11.9. The number of amides is 2. The van der Waals surface area contributed by atoms with Crippen LogP contribution in [0.4, 0.5) is 10.1 Å². The molecule has 0 saturated carbocycles. The van der Waals surface area contributed by atoms with E-state index in [1.807, 2.05) is 18.2 Å². The fourth-order valence-corrected chi connectivity index (χ4v) is 5.79. The molecule has 0 aromatic heterocycles. The van der Waals surface area contributed by atoms with Crippen LogP contribution in [0.5, 0.6) is 11.5 Å². The van der Waals surface area contributed by atoms with Crippen LogP contribution in [0.25, 0.3) is 0 Å². The summed E-state index contributed by atoms with van der Waals surface area (Å²) in [4.78, 5) is 28.1. The Hall–Kier alpha value is -4.70. The van der Waals surface area contributed by atoms with Gasteiger partial charge in [-0.1, -0.05) is 54.6 Å². The van der Waals surface area contributed by atoms with Crippen molar-refractivity contribution in [3.05, 3.63) is 121 Å². The number of nitrogens with one attached hydrogen (secondary N) is 1. The van der Waals surface area contributed by atoms with Crippen LogP contribution in [-0.4, -0.2) is 43.8 Å². The molecule has 0 radical (unpaired) electrons. The Balaban J connectivity index is 1.70. The van der Waals surface area contributed by atoms with Gasteiger partial charge in [-0.05, 0) is 75.4 Å². The number of benzene rings is 4. The highest BCUT2D eigenvalue weighted by Gasteiger charge is 2.33. The van der Waals surface area contributed by atoms with Crippen molar-refractivity contribution in [2.45, 2.75) is 44.3 Å². The minimum absolute atomic E-state index is 0.0151. The summed E-state index contributed by atoms with van der Waals surface area (Å²) in [5.41, 5.74) is 0.405. The Kier molecular flexibility index (Phi) is 10.2. The number of para-hydroxylation sites is 1. The van der Waals surface area contributed by atoms with Crippen molar-refractivity contribution in [3.63, 3.8) is 0 Å². The van der Waals surface area contributed by atoms with Crippen molar-refractivity contribution >= 4 is 27.5 Å². The fourth-order valence-electron chi connectivity index (χ4n) is 4.35. The molecule has 1 atom stereocenters. The summed E-state index contributed by atoms with van der Waals surface area (Å²) in [6, 6.07) is 27.9. The molecule has 1 unspecified atom stereocenters. The Bertz CT molecular complexity index is 1630. The summed E-state index contributed by atoms with van der Waals surface area (Å²) < 4.78 is 49.3. The van der Waals surface area contributed by atoms with Gasteiger partial charge in [0.05, 0.1) is 10.6 Å². The van der Waals surface area contributed by atoms with E-state index in [-0.39, 0.29) is 28.7 Å². The van der Waals surface area contributed by atoms with Crippen molar-refractivity contribution in [1.82, 2.24) is 10.2 Å². The number of anilines is 1. The standard InChI is InChI=1S/C33H34FN3O5S/c1-24(2)35-33(39)25(3)36(22-26-12-10-11-17-31(26)34)32(38)23-37(43(40,41)30-15-8-5-9-16-30)27-18-20-29(21-19-27)42-28-13-6-4-7-14-28/h4-21,24-25H,22-23H2,1-3H3,(H,35,39). The zero-order chi connectivity index (χ0) is 31.0. The first-order chi connectivity index (χ1) is 20.6. The van der Waals surface area contributed by atoms with Crippen LogP contribution in [0.1, 0.15) is 26.3 Å². The maximum atomic E-state index is 14.7. The van der Waals surface area contributed by atoms with Crippen molar-refractivity contribution in [1.29, 1.82) is 0 Å². The Morgan fingerprint density at radius 3 is 1.95 bits per heavy atom. The highest BCUT2D eigenvalue weighted by atomic mass is 32.2. The molecule has 4 rings (SSSR count). The van der Waals surface area contributed by atoms with Crippen molar-refractivity contribution in [2.75, 3.05) is 10.8 Å². The molecule has 0 aliphatic rings. The lowest BCUT2D eigenvalue weighted by Gasteiger charge is -2.32. The van der Waals surface area contributed by atoms with Gasteiger partial charge in [-0.15, -0.1) is 0 Å². The lowest BCUT2D eigenvalue weighted by atomic mass is 10.1. The topological polar surface area (TPSA) is 96.0 Å². The highest BCUT2D eigenvalue weighted by Crippen LogP contribution is 2.28. The first kappa shape index (κ1) is 31.2. The summed E-state index contributed by atoms with van der Waals surface area (Å²) in [7, 11) is -4.23. The molecule has 0 bridgehead atoms. The third-order valence-electron chi connectivity index (χ3n) is 6.61. The molecule has 0 saturated heterocycles. The average molecular weight is 604 g/mol. The quantitative estimate of drug-likeness (QED) is 0.222. The third-order valence-corrected chi connectivity index (χ3v) is 8.40. The van der Waals surface area contributed by atoms with Gasteiger partial charge in [0.15, 0.2) is 0 Å². The predicted octanol–water partition coefficient (Wildman–Crippen LogP) is 5.76. The van der Waals surface area contributed by atoms with Crippen LogP contribution in [0, 0.1) is 5.82 Å². The molecule has 10 heteroatoms. The molecule has 2 amide bonds. The Morgan fingerprint density at radius 2 is 1.35 bits per heavy atom. The highest BCUT2D eigenvalue weighted by molar-refractivity contribution is 7.92. The molecule has 0 fully saturated rings. The van der Waals surface area contributed by atoms with Crippen molar-refractivity contribution in [3.8, 4) is 11.5 Å². The van der Waals surface area contributed by atoms with Crippen LogP contribution in [0.2, 0.25) is 0 Å². The first-order valence-electron chi connectivity index (χ1n) is 13.8. The zero-order valence-electron chi connectivity index (χ0n) is 24.2. The number of halogens is 1. The van der Waals surface area contributed by atoms with Crippen LogP contribution >= 0.6 is 0 Å². The second-order valence-corrected chi connectivity index (χ2v) is 12.0. The van der Waals surface area contributed by atoms with E-state index in [0.717, 1.165) is 4.31 Å². The van der Waals surface area contributed by atoms with E-state index in [2.05, 4.69) is 5.32 Å². The lowest BCUT2D eigenvalue weighted by molar-refractivity contribution is -0.139.